The first-order valence-corrected chi connectivity index (χ1v) is 7.16. The molecule has 102 valence electrons. The van der Waals surface area contributed by atoms with E-state index in [-0.39, 0.29) is 6.03 Å². The van der Waals surface area contributed by atoms with Crippen LogP contribution >= 0.6 is 0 Å². The van der Waals surface area contributed by atoms with Gasteiger partial charge in [0.25, 0.3) is 0 Å². The normalized spacial score (nSPS) is 19.8. The number of rotatable bonds is 0. The van der Waals surface area contributed by atoms with E-state index in [0.29, 0.717) is 0 Å². The molecule has 19 heavy (non-hydrogen) atoms. The molecule has 0 spiro atoms. The highest BCUT2D eigenvalue weighted by molar-refractivity contribution is 5.74. The third-order valence-corrected chi connectivity index (χ3v) is 4.08. The molecule has 4 heteroatoms. The van der Waals surface area contributed by atoms with Crippen molar-refractivity contribution in [2.75, 3.05) is 39.3 Å². The van der Waals surface area contributed by atoms with Gasteiger partial charge in [-0.05, 0) is 24.0 Å². The minimum atomic E-state index is 0.217. The van der Waals surface area contributed by atoms with Crippen molar-refractivity contribution in [1.82, 2.24) is 15.1 Å². The molecule has 3 rings (SSSR count). The second-order valence-corrected chi connectivity index (χ2v) is 5.28. The van der Waals surface area contributed by atoms with E-state index in [0.717, 1.165) is 52.1 Å². The van der Waals surface area contributed by atoms with Crippen molar-refractivity contribution in [3.63, 3.8) is 0 Å². The van der Waals surface area contributed by atoms with E-state index in [9.17, 15) is 4.79 Å². The van der Waals surface area contributed by atoms with Crippen LogP contribution in [0.1, 0.15) is 11.1 Å². The van der Waals surface area contributed by atoms with Gasteiger partial charge in [-0.3, -0.25) is 0 Å². The van der Waals surface area contributed by atoms with Crippen LogP contribution in [0, 0.1) is 0 Å². The number of fused-ring (bicyclic) bond motifs is 1. The maximum atomic E-state index is 12.5. The summed E-state index contributed by atoms with van der Waals surface area (Å²) in [6, 6.07) is 8.77. The van der Waals surface area contributed by atoms with E-state index in [4.69, 9.17) is 0 Å². The van der Waals surface area contributed by atoms with E-state index in [1.807, 2.05) is 9.80 Å². The molecule has 0 aromatic heterocycles. The first-order chi connectivity index (χ1) is 9.34. The molecule has 0 atom stereocenters. The van der Waals surface area contributed by atoms with Gasteiger partial charge in [0.05, 0.1) is 0 Å². The van der Waals surface area contributed by atoms with Crippen LogP contribution in [0.25, 0.3) is 0 Å². The zero-order valence-electron chi connectivity index (χ0n) is 11.3. The summed E-state index contributed by atoms with van der Waals surface area (Å²) in [6.07, 6.45) is 1.96. The lowest BCUT2D eigenvalue weighted by atomic mass is 10.0. The van der Waals surface area contributed by atoms with Gasteiger partial charge in [-0.1, -0.05) is 24.3 Å². The Hall–Kier alpha value is -1.55. The Morgan fingerprint density at radius 2 is 1.42 bits per heavy atom. The number of carbonyl (C=O) groups excluding carboxylic acids is 1. The second kappa shape index (κ2) is 5.61. The van der Waals surface area contributed by atoms with E-state index >= 15 is 0 Å². The van der Waals surface area contributed by atoms with E-state index < -0.39 is 0 Å². The van der Waals surface area contributed by atoms with Crippen molar-refractivity contribution >= 4 is 6.03 Å². The van der Waals surface area contributed by atoms with Gasteiger partial charge < -0.3 is 15.1 Å². The number of amides is 2. The number of carbonyl (C=O) groups is 1. The number of nitrogens with zero attached hydrogens (tertiary/aromatic N) is 2. The van der Waals surface area contributed by atoms with Crippen molar-refractivity contribution in [3.05, 3.63) is 35.4 Å². The summed E-state index contributed by atoms with van der Waals surface area (Å²) in [6.45, 7) is 5.20. The van der Waals surface area contributed by atoms with Crippen molar-refractivity contribution in [2.45, 2.75) is 12.8 Å². The predicted octanol–water partition coefficient (Wildman–Crippen LogP) is 1.11. The van der Waals surface area contributed by atoms with Gasteiger partial charge >= 0.3 is 6.03 Å². The molecule has 2 heterocycles. The lowest BCUT2D eigenvalue weighted by molar-refractivity contribution is 0.148. The molecule has 4 nitrogen and oxygen atoms in total. The quantitative estimate of drug-likeness (QED) is 0.757. The number of hydrogen-bond donors (Lipinski definition) is 1. The SMILES string of the molecule is O=C(N1CCNCC1)N1CCc2ccccc2CC1. The van der Waals surface area contributed by atoms with Crippen molar-refractivity contribution in [1.29, 1.82) is 0 Å². The second-order valence-electron chi connectivity index (χ2n) is 5.28. The van der Waals surface area contributed by atoms with Crippen LogP contribution in [-0.4, -0.2) is 55.1 Å². The molecule has 1 N–H and O–H groups in total. The number of urea groups is 1. The summed E-state index contributed by atoms with van der Waals surface area (Å²) >= 11 is 0. The number of hydrogen-bond acceptors (Lipinski definition) is 2. The molecule has 1 aromatic rings. The van der Waals surface area contributed by atoms with E-state index in [1.54, 1.807) is 0 Å². The van der Waals surface area contributed by atoms with Gasteiger partial charge in [0.1, 0.15) is 0 Å². The Balaban J connectivity index is 1.66. The van der Waals surface area contributed by atoms with E-state index in [2.05, 4.69) is 29.6 Å². The molecular weight excluding hydrogens is 238 g/mol. The van der Waals surface area contributed by atoms with Crippen LogP contribution in [0.4, 0.5) is 4.79 Å². The zero-order valence-corrected chi connectivity index (χ0v) is 11.3. The highest BCUT2D eigenvalue weighted by atomic mass is 16.2. The Morgan fingerprint density at radius 1 is 0.895 bits per heavy atom. The Kier molecular flexibility index (Phi) is 3.69. The maximum Gasteiger partial charge on any atom is 0.320 e. The van der Waals surface area contributed by atoms with Gasteiger partial charge in [-0.15, -0.1) is 0 Å². The standard InChI is InChI=1S/C15H21N3O/c19-15(18-11-7-16-8-12-18)17-9-5-13-3-1-2-4-14(13)6-10-17/h1-4,16H,5-12H2. The summed E-state index contributed by atoms with van der Waals surface area (Å²) in [7, 11) is 0. The summed E-state index contributed by atoms with van der Waals surface area (Å²) in [5.74, 6) is 0. The molecule has 0 radical (unpaired) electrons. The average molecular weight is 259 g/mol. The number of nitrogens with one attached hydrogen (secondary N) is 1. The lowest BCUT2D eigenvalue weighted by Gasteiger charge is -2.32. The largest absolute Gasteiger partial charge is 0.324 e. The van der Waals surface area contributed by atoms with Crippen molar-refractivity contribution in [3.8, 4) is 0 Å². The topological polar surface area (TPSA) is 35.6 Å². The Labute approximate surface area is 114 Å². The molecular formula is C15H21N3O. The van der Waals surface area contributed by atoms with E-state index in [1.165, 1.54) is 11.1 Å². The van der Waals surface area contributed by atoms with Crippen molar-refractivity contribution < 1.29 is 4.79 Å². The molecule has 1 saturated heterocycles. The van der Waals surface area contributed by atoms with Crippen LogP contribution in [0.3, 0.4) is 0 Å². The maximum absolute atomic E-state index is 12.5. The highest BCUT2D eigenvalue weighted by Gasteiger charge is 2.23. The minimum absolute atomic E-state index is 0.217. The average Bonchev–Trinajstić information content (AvgIpc) is 2.70. The fraction of sp³-hybridized carbons (Fsp3) is 0.533. The number of piperazine rings is 1. The predicted molar refractivity (Wildman–Crippen MR) is 75.3 cm³/mol. The first kappa shape index (κ1) is 12.5. The monoisotopic (exact) mass is 259 g/mol. The molecule has 1 aromatic carbocycles. The lowest BCUT2D eigenvalue weighted by Crippen LogP contribution is -2.52. The fourth-order valence-corrected chi connectivity index (χ4v) is 2.92. The Morgan fingerprint density at radius 3 is 2.00 bits per heavy atom. The minimum Gasteiger partial charge on any atom is -0.324 e. The van der Waals surface area contributed by atoms with Crippen LogP contribution in [0.5, 0.6) is 0 Å². The van der Waals surface area contributed by atoms with Crippen LogP contribution in [-0.2, 0) is 12.8 Å². The molecule has 0 unspecified atom stereocenters. The fourth-order valence-electron chi connectivity index (χ4n) is 2.92. The molecule has 2 amide bonds. The van der Waals surface area contributed by atoms with Crippen molar-refractivity contribution in [2.24, 2.45) is 0 Å². The molecule has 2 aliphatic heterocycles. The summed E-state index contributed by atoms with van der Waals surface area (Å²) < 4.78 is 0. The molecule has 0 saturated carbocycles. The molecule has 1 fully saturated rings. The number of benzene rings is 1. The molecule has 0 bridgehead atoms. The molecule has 0 aliphatic carbocycles. The Bertz CT molecular complexity index is 427. The van der Waals surface area contributed by atoms with Crippen LogP contribution < -0.4 is 5.32 Å². The van der Waals surface area contributed by atoms with Crippen LogP contribution in [0.2, 0.25) is 0 Å². The summed E-state index contributed by atoms with van der Waals surface area (Å²) in [5.41, 5.74) is 2.80. The summed E-state index contributed by atoms with van der Waals surface area (Å²) in [5, 5.41) is 3.29. The van der Waals surface area contributed by atoms with Crippen LogP contribution in [0.15, 0.2) is 24.3 Å². The van der Waals surface area contributed by atoms with Gasteiger partial charge in [0, 0.05) is 39.3 Å². The highest BCUT2D eigenvalue weighted by Crippen LogP contribution is 2.16. The smallest absolute Gasteiger partial charge is 0.320 e. The third kappa shape index (κ3) is 2.73. The van der Waals surface area contributed by atoms with Gasteiger partial charge in [-0.25, -0.2) is 4.79 Å². The van der Waals surface area contributed by atoms with Gasteiger partial charge in [-0.2, -0.15) is 0 Å². The summed E-state index contributed by atoms with van der Waals surface area (Å²) in [4.78, 5) is 16.5. The zero-order chi connectivity index (χ0) is 13.1. The first-order valence-electron chi connectivity index (χ1n) is 7.16. The molecule has 2 aliphatic rings. The van der Waals surface area contributed by atoms with Gasteiger partial charge in [0.15, 0.2) is 0 Å². The van der Waals surface area contributed by atoms with Gasteiger partial charge in [0.2, 0.25) is 0 Å². The third-order valence-electron chi connectivity index (χ3n) is 4.08.